The Balaban J connectivity index is 2.11. The van der Waals surface area contributed by atoms with E-state index in [-0.39, 0.29) is 18.4 Å². The van der Waals surface area contributed by atoms with Crippen molar-refractivity contribution in [3.05, 3.63) is 40.4 Å². The Morgan fingerprint density at radius 1 is 1.07 bits per heavy atom. The van der Waals surface area contributed by atoms with Crippen LogP contribution in [0.25, 0.3) is 0 Å². The predicted molar refractivity (Wildman–Crippen MR) is 113 cm³/mol. The van der Waals surface area contributed by atoms with Gasteiger partial charge in [0.1, 0.15) is 4.88 Å². The lowest BCUT2D eigenvalue weighted by atomic mass is 10.1. The summed E-state index contributed by atoms with van der Waals surface area (Å²) in [6.07, 6.45) is -0.168. The number of nitrogens with zero attached hydrogens (tertiary/aromatic N) is 2. The maximum absolute atomic E-state index is 12.6. The molecule has 2 aromatic rings. The van der Waals surface area contributed by atoms with Crippen molar-refractivity contribution in [3.63, 3.8) is 0 Å². The summed E-state index contributed by atoms with van der Waals surface area (Å²) < 4.78 is 0. The van der Waals surface area contributed by atoms with E-state index in [2.05, 4.69) is 20.9 Å². The van der Waals surface area contributed by atoms with Gasteiger partial charge in [-0.05, 0) is 30.5 Å². The third-order valence-corrected chi connectivity index (χ3v) is 4.95. The van der Waals surface area contributed by atoms with Crippen LogP contribution < -0.4 is 16.0 Å². The SMILES string of the molecule is CC(=O)Nc1nc(CCc2ccc(NC(=O)O)cc2)c(C(=O)NCC(=O)N(C)C)s1. The van der Waals surface area contributed by atoms with Crippen molar-refractivity contribution in [2.24, 2.45) is 0 Å². The van der Waals surface area contributed by atoms with Crippen LogP contribution in [0.2, 0.25) is 0 Å². The Kier molecular flexibility index (Phi) is 7.87. The maximum atomic E-state index is 12.6. The second-order valence-corrected chi connectivity index (χ2v) is 7.57. The molecular formula is C19H23N5O5S. The third kappa shape index (κ3) is 6.85. The normalized spacial score (nSPS) is 10.2. The number of amides is 4. The molecule has 0 radical (unpaired) electrons. The molecule has 0 fully saturated rings. The van der Waals surface area contributed by atoms with Gasteiger partial charge >= 0.3 is 6.09 Å². The molecule has 0 aliphatic carbocycles. The van der Waals surface area contributed by atoms with Crippen molar-refractivity contribution in [1.29, 1.82) is 0 Å². The largest absolute Gasteiger partial charge is 0.465 e. The van der Waals surface area contributed by atoms with Gasteiger partial charge in [-0.3, -0.25) is 19.7 Å². The molecule has 10 nitrogen and oxygen atoms in total. The average molecular weight is 433 g/mol. The third-order valence-electron chi connectivity index (χ3n) is 3.94. The number of anilines is 2. The number of nitrogens with one attached hydrogen (secondary N) is 3. The predicted octanol–water partition coefficient (Wildman–Crippen LogP) is 1.79. The summed E-state index contributed by atoms with van der Waals surface area (Å²) >= 11 is 1.05. The highest BCUT2D eigenvalue weighted by atomic mass is 32.1. The van der Waals surface area contributed by atoms with Gasteiger partial charge in [0, 0.05) is 26.7 Å². The average Bonchev–Trinajstić information content (AvgIpc) is 3.06. The van der Waals surface area contributed by atoms with E-state index in [1.54, 1.807) is 38.4 Å². The Bertz CT molecular complexity index is 939. The zero-order chi connectivity index (χ0) is 22.3. The number of thiazole rings is 1. The Labute approximate surface area is 177 Å². The number of benzene rings is 1. The highest BCUT2D eigenvalue weighted by Gasteiger charge is 2.19. The molecule has 4 amide bonds. The lowest BCUT2D eigenvalue weighted by Crippen LogP contribution is -2.36. The van der Waals surface area contributed by atoms with Crippen molar-refractivity contribution in [3.8, 4) is 0 Å². The number of carbonyl (C=O) groups excluding carboxylic acids is 3. The summed E-state index contributed by atoms with van der Waals surface area (Å²) in [6, 6.07) is 6.85. The second-order valence-electron chi connectivity index (χ2n) is 6.57. The van der Waals surface area contributed by atoms with E-state index in [9.17, 15) is 19.2 Å². The molecule has 30 heavy (non-hydrogen) atoms. The summed E-state index contributed by atoms with van der Waals surface area (Å²) in [4.78, 5) is 52.3. The molecule has 0 aliphatic heterocycles. The van der Waals surface area contributed by atoms with E-state index in [1.807, 2.05) is 0 Å². The van der Waals surface area contributed by atoms with Crippen molar-refractivity contribution in [2.45, 2.75) is 19.8 Å². The van der Waals surface area contributed by atoms with Crippen LogP contribution in [0.3, 0.4) is 0 Å². The molecule has 0 atom stereocenters. The molecule has 4 N–H and O–H groups in total. The number of aryl methyl sites for hydroxylation is 2. The van der Waals surface area contributed by atoms with Gasteiger partial charge in [-0.1, -0.05) is 23.5 Å². The van der Waals surface area contributed by atoms with Crippen molar-refractivity contribution in [2.75, 3.05) is 31.3 Å². The molecule has 160 valence electrons. The van der Waals surface area contributed by atoms with Crippen molar-refractivity contribution in [1.82, 2.24) is 15.2 Å². The summed E-state index contributed by atoms with van der Waals surface area (Å²) in [5.41, 5.74) is 1.89. The van der Waals surface area contributed by atoms with E-state index in [0.717, 1.165) is 16.9 Å². The monoisotopic (exact) mass is 433 g/mol. The van der Waals surface area contributed by atoms with Gasteiger partial charge in [0.05, 0.1) is 12.2 Å². The van der Waals surface area contributed by atoms with Crippen LogP contribution in [-0.4, -0.2) is 59.4 Å². The van der Waals surface area contributed by atoms with Crippen LogP contribution in [0.15, 0.2) is 24.3 Å². The van der Waals surface area contributed by atoms with Crippen molar-refractivity contribution >= 4 is 46.0 Å². The zero-order valence-corrected chi connectivity index (χ0v) is 17.6. The van der Waals surface area contributed by atoms with E-state index >= 15 is 0 Å². The number of hydrogen-bond acceptors (Lipinski definition) is 6. The minimum Gasteiger partial charge on any atom is -0.465 e. The molecule has 1 heterocycles. The van der Waals surface area contributed by atoms with E-state index in [1.165, 1.54) is 11.8 Å². The van der Waals surface area contributed by atoms with Crippen LogP contribution in [-0.2, 0) is 22.4 Å². The number of carboxylic acid groups (broad SMARTS) is 1. The molecule has 0 saturated heterocycles. The standard InChI is InChI=1S/C19H23N5O5S/c1-11(25)21-18-23-14(16(30-18)17(27)20-10-15(26)24(2)3)9-6-12-4-7-13(8-5-12)22-19(28)29/h4-5,7-8,22H,6,9-10H2,1-3H3,(H,20,27)(H,28,29)(H,21,23,25). The quantitative estimate of drug-likeness (QED) is 0.500. The first-order valence-corrected chi connectivity index (χ1v) is 9.82. The number of aromatic nitrogens is 1. The van der Waals surface area contributed by atoms with Crippen LogP contribution in [0.1, 0.15) is 27.9 Å². The molecule has 0 spiro atoms. The molecule has 11 heteroatoms. The van der Waals surface area contributed by atoms with Gasteiger partial charge in [0.2, 0.25) is 11.8 Å². The van der Waals surface area contributed by atoms with E-state index in [4.69, 9.17) is 5.11 Å². The molecule has 0 unspecified atom stereocenters. The lowest BCUT2D eigenvalue weighted by molar-refractivity contribution is -0.127. The minimum absolute atomic E-state index is 0.142. The summed E-state index contributed by atoms with van der Waals surface area (Å²) in [5, 5.41) is 16.5. The highest BCUT2D eigenvalue weighted by molar-refractivity contribution is 7.17. The summed E-state index contributed by atoms with van der Waals surface area (Å²) in [6.45, 7) is 1.21. The van der Waals surface area contributed by atoms with Gasteiger partial charge in [-0.15, -0.1) is 0 Å². The summed E-state index contributed by atoms with van der Waals surface area (Å²) in [5.74, 6) is -0.978. The Morgan fingerprint density at radius 3 is 2.30 bits per heavy atom. The molecule has 1 aromatic carbocycles. The molecule has 0 saturated carbocycles. The number of likely N-dealkylation sites (N-methyl/N-ethyl adjacent to an activating group) is 1. The fourth-order valence-electron chi connectivity index (χ4n) is 2.44. The van der Waals surface area contributed by atoms with E-state index < -0.39 is 12.0 Å². The molecule has 0 aliphatic rings. The first kappa shape index (κ1) is 22.8. The van der Waals surface area contributed by atoms with Crippen molar-refractivity contribution < 1.29 is 24.3 Å². The highest BCUT2D eigenvalue weighted by Crippen LogP contribution is 2.25. The second kappa shape index (κ2) is 10.3. The fourth-order valence-corrected chi connectivity index (χ4v) is 3.41. The van der Waals surface area contributed by atoms with Gasteiger partial charge in [-0.2, -0.15) is 0 Å². The minimum atomic E-state index is -1.14. The molecular weight excluding hydrogens is 410 g/mol. The zero-order valence-electron chi connectivity index (χ0n) is 16.8. The number of hydrogen-bond donors (Lipinski definition) is 4. The number of rotatable bonds is 8. The first-order chi connectivity index (χ1) is 14.2. The fraction of sp³-hybridized carbons (Fsp3) is 0.316. The van der Waals surface area contributed by atoms with Crippen LogP contribution in [0.5, 0.6) is 0 Å². The van der Waals surface area contributed by atoms with Crippen LogP contribution >= 0.6 is 11.3 Å². The van der Waals surface area contributed by atoms with Gasteiger partial charge in [-0.25, -0.2) is 9.78 Å². The first-order valence-electron chi connectivity index (χ1n) is 9.00. The van der Waals surface area contributed by atoms with E-state index in [0.29, 0.717) is 34.2 Å². The summed E-state index contributed by atoms with van der Waals surface area (Å²) in [7, 11) is 3.19. The Morgan fingerprint density at radius 2 is 1.73 bits per heavy atom. The van der Waals surface area contributed by atoms with Gasteiger partial charge in [0.25, 0.3) is 5.91 Å². The molecule has 0 bridgehead atoms. The molecule has 1 aromatic heterocycles. The van der Waals surface area contributed by atoms with Crippen LogP contribution in [0, 0.1) is 0 Å². The van der Waals surface area contributed by atoms with Gasteiger partial charge < -0.3 is 20.6 Å². The topological polar surface area (TPSA) is 141 Å². The Hall–Kier alpha value is -3.47. The maximum Gasteiger partial charge on any atom is 0.409 e. The smallest absolute Gasteiger partial charge is 0.409 e. The number of carbonyl (C=O) groups is 4. The lowest BCUT2D eigenvalue weighted by Gasteiger charge is -2.10. The van der Waals surface area contributed by atoms with Crippen LogP contribution in [0.4, 0.5) is 15.6 Å². The van der Waals surface area contributed by atoms with Gasteiger partial charge in [0.15, 0.2) is 5.13 Å². The molecule has 2 rings (SSSR count).